The molecule has 0 bridgehead atoms. The van der Waals surface area contributed by atoms with Crippen molar-refractivity contribution in [1.82, 2.24) is 5.32 Å². The maximum atomic E-state index is 12.6. The van der Waals surface area contributed by atoms with Gasteiger partial charge in [0.2, 0.25) is 5.91 Å². The van der Waals surface area contributed by atoms with Gasteiger partial charge in [0.15, 0.2) is 0 Å². The van der Waals surface area contributed by atoms with Crippen LogP contribution in [0.4, 0.5) is 0 Å². The van der Waals surface area contributed by atoms with Crippen molar-refractivity contribution < 1.29 is 20.1 Å². The maximum absolute atomic E-state index is 12.6. The van der Waals surface area contributed by atoms with Crippen LogP contribution in [0.25, 0.3) is 0 Å². The summed E-state index contributed by atoms with van der Waals surface area (Å²) in [5.74, 6) is -0.494. The summed E-state index contributed by atoms with van der Waals surface area (Å²) in [7, 11) is 0. The van der Waals surface area contributed by atoms with Crippen LogP contribution in [0.5, 0.6) is 0 Å². The van der Waals surface area contributed by atoms with Crippen molar-refractivity contribution in [2.24, 2.45) is 0 Å². The molecule has 0 saturated heterocycles. The van der Waals surface area contributed by atoms with Crippen molar-refractivity contribution in [2.75, 3.05) is 6.61 Å². The molecule has 0 spiro atoms. The first-order valence-electron chi connectivity index (χ1n) is 31.5. The predicted octanol–water partition coefficient (Wildman–Crippen LogP) is 19.8. The zero-order valence-electron chi connectivity index (χ0n) is 46.5. The maximum Gasteiger partial charge on any atom is 0.249 e. The summed E-state index contributed by atoms with van der Waals surface area (Å²) in [6, 6.07) is -0.795. The Morgan fingerprint density at radius 3 is 0.809 bits per heavy atom. The van der Waals surface area contributed by atoms with Gasteiger partial charge in [-0.15, -0.1) is 0 Å². The minimum absolute atomic E-state index is 0.358. The van der Waals surface area contributed by atoms with E-state index < -0.39 is 24.2 Å². The first-order valence-corrected chi connectivity index (χ1v) is 31.5. The molecular weight excluding hydrogens is 835 g/mol. The van der Waals surface area contributed by atoms with Crippen LogP contribution in [-0.4, -0.2) is 46.1 Å². The lowest BCUT2D eigenvalue weighted by Gasteiger charge is -2.21. The normalized spacial score (nSPS) is 13.2. The topological polar surface area (TPSA) is 89.8 Å². The van der Waals surface area contributed by atoms with Crippen LogP contribution >= 0.6 is 0 Å². The van der Waals surface area contributed by atoms with Crippen LogP contribution in [0.3, 0.4) is 0 Å². The number of amides is 1. The largest absolute Gasteiger partial charge is 0.394 e. The van der Waals surface area contributed by atoms with E-state index in [9.17, 15) is 20.1 Å². The van der Waals surface area contributed by atoms with Crippen LogP contribution in [0.2, 0.25) is 0 Å². The molecule has 0 fully saturated rings. The highest BCUT2D eigenvalue weighted by Gasteiger charge is 2.22. The fraction of sp³-hybridized carbons (Fsp3) is 0.952. The highest BCUT2D eigenvalue weighted by atomic mass is 16.3. The van der Waals surface area contributed by atoms with Gasteiger partial charge in [-0.25, -0.2) is 0 Å². The molecule has 0 aromatic carbocycles. The van der Waals surface area contributed by atoms with Crippen molar-refractivity contribution >= 4 is 5.91 Å². The molecule has 5 nitrogen and oxygen atoms in total. The molecule has 1 amide bonds. The molecule has 0 aliphatic heterocycles. The lowest BCUT2D eigenvalue weighted by atomic mass is 10.0. The summed E-state index contributed by atoms with van der Waals surface area (Å²) < 4.78 is 0. The number of carbonyl (C=O) groups is 1. The smallest absolute Gasteiger partial charge is 0.249 e. The standard InChI is InChI=1S/C63H125NO4/c1-3-5-7-9-11-13-15-17-19-21-23-25-27-29-30-31-32-34-36-38-40-42-44-46-48-50-52-54-56-58-62(67)63(68)64-60(59-65)61(66)57-55-53-51-49-47-45-43-41-39-37-35-33-28-26-24-22-20-18-16-14-12-10-8-6-4-2/h55,57,60-62,65-67H,3-54,56,58-59H2,1-2H3,(H,64,68)/b57-55+. The molecule has 406 valence electrons. The van der Waals surface area contributed by atoms with Gasteiger partial charge < -0.3 is 20.6 Å². The Labute approximate surface area is 427 Å². The molecule has 68 heavy (non-hydrogen) atoms. The zero-order chi connectivity index (χ0) is 49.3. The van der Waals surface area contributed by atoms with E-state index in [1.165, 1.54) is 308 Å². The molecule has 0 heterocycles. The highest BCUT2D eigenvalue weighted by molar-refractivity contribution is 5.80. The monoisotopic (exact) mass is 960 g/mol. The fourth-order valence-corrected chi connectivity index (χ4v) is 10.3. The Morgan fingerprint density at radius 2 is 0.574 bits per heavy atom. The molecule has 5 heteroatoms. The van der Waals surface area contributed by atoms with Crippen molar-refractivity contribution in [3.05, 3.63) is 12.2 Å². The lowest BCUT2D eigenvalue weighted by Crippen LogP contribution is -2.48. The van der Waals surface area contributed by atoms with Gasteiger partial charge in [-0.05, 0) is 19.3 Å². The summed E-state index contributed by atoms with van der Waals surface area (Å²) in [6.07, 6.45) is 74.7. The number of carbonyl (C=O) groups excluding carboxylic acids is 1. The van der Waals surface area contributed by atoms with E-state index in [4.69, 9.17) is 0 Å². The molecule has 0 aromatic rings. The van der Waals surface area contributed by atoms with Crippen molar-refractivity contribution in [3.8, 4) is 0 Å². The molecule has 0 radical (unpaired) electrons. The van der Waals surface area contributed by atoms with E-state index in [1.54, 1.807) is 6.08 Å². The molecule has 0 rings (SSSR count). The average molecular weight is 961 g/mol. The Bertz CT molecular complexity index is 971. The Kier molecular flexibility index (Phi) is 57.9. The van der Waals surface area contributed by atoms with E-state index in [0.717, 1.165) is 32.1 Å². The summed E-state index contributed by atoms with van der Waals surface area (Å²) in [6.45, 7) is 4.24. The second-order valence-corrected chi connectivity index (χ2v) is 22.0. The van der Waals surface area contributed by atoms with Crippen molar-refractivity contribution in [1.29, 1.82) is 0 Å². The van der Waals surface area contributed by atoms with E-state index in [0.29, 0.717) is 6.42 Å². The van der Waals surface area contributed by atoms with Crippen LogP contribution in [-0.2, 0) is 4.79 Å². The van der Waals surface area contributed by atoms with Gasteiger partial charge in [0.1, 0.15) is 6.10 Å². The molecule has 4 N–H and O–H groups in total. The molecule has 0 aliphatic carbocycles. The van der Waals surface area contributed by atoms with E-state index in [1.807, 2.05) is 6.08 Å². The summed E-state index contributed by atoms with van der Waals surface area (Å²) in [5.41, 5.74) is 0. The van der Waals surface area contributed by atoms with Crippen molar-refractivity contribution in [2.45, 2.75) is 379 Å². The third kappa shape index (κ3) is 52.9. The second kappa shape index (κ2) is 58.7. The number of hydrogen-bond donors (Lipinski definition) is 4. The molecule has 0 aliphatic rings. The Hall–Kier alpha value is -0.910. The molecule has 0 aromatic heterocycles. The average Bonchev–Trinajstić information content (AvgIpc) is 3.34. The van der Waals surface area contributed by atoms with Crippen LogP contribution < -0.4 is 5.32 Å². The van der Waals surface area contributed by atoms with Gasteiger partial charge in [0.25, 0.3) is 0 Å². The molecular formula is C63H125NO4. The number of hydrogen-bond acceptors (Lipinski definition) is 4. The van der Waals surface area contributed by atoms with Gasteiger partial charge in [-0.1, -0.05) is 353 Å². The molecule has 3 atom stereocenters. The van der Waals surface area contributed by atoms with Crippen LogP contribution in [0.1, 0.15) is 361 Å². The second-order valence-electron chi connectivity index (χ2n) is 22.0. The summed E-state index contributed by atoms with van der Waals surface area (Å²) in [5, 5.41) is 33.5. The minimum Gasteiger partial charge on any atom is -0.394 e. The van der Waals surface area contributed by atoms with E-state index >= 15 is 0 Å². The zero-order valence-corrected chi connectivity index (χ0v) is 46.5. The van der Waals surface area contributed by atoms with Gasteiger partial charge >= 0.3 is 0 Å². The van der Waals surface area contributed by atoms with E-state index in [2.05, 4.69) is 19.2 Å². The van der Waals surface area contributed by atoms with E-state index in [-0.39, 0.29) is 6.61 Å². The highest BCUT2D eigenvalue weighted by Crippen LogP contribution is 2.19. The number of nitrogens with one attached hydrogen (secondary N) is 1. The SMILES string of the molecule is CCCCCCCCCCCCCCCCCCCCCCCCC/C=C/C(O)C(CO)NC(=O)C(O)CCCCCCCCCCCCCCCCCCCCCCCCCCCCCCC. The van der Waals surface area contributed by atoms with Gasteiger partial charge in [0, 0.05) is 0 Å². The van der Waals surface area contributed by atoms with Crippen LogP contribution in [0, 0.1) is 0 Å². The predicted molar refractivity (Wildman–Crippen MR) is 301 cm³/mol. The summed E-state index contributed by atoms with van der Waals surface area (Å²) >= 11 is 0. The summed E-state index contributed by atoms with van der Waals surface area (Å²) in [4.78, 5) is 12.6. The third-order valence-electron chi connectivity index (χ3n) is 15.1. The number of aliphatic hydroxyl groups is 3. The van der Waals surface area contributed by atoms with Gasteiger partial charge in [-0.3, -0.25) is 4.79 Å². The number of aliphatic hydroxyl groups excluding tert-OH is 3. The lowest BCUT2D eigenvalue weighted by molar-refractivity contribution is -0.131. The van der Waals surface area contributed by atoms with Crippen LogP contribution in [0.15, 0.2) is 12.2 Å². The van der Waals surface area contributed by atoms with Gasteiger partial charge in [-0.2, -0.15) is 0 Å². The number of unbranched alkanes of at least 4 members (excludes halogenated alkanes) is 51. The number of rotatable bonds is 59. The minimum atomic E-state index is -1.09. The molecule has 0 saturated carbocycles. The fourth-order valence-electron chi connectivity index (χ4n) is 10.3. The first-order chi connectivity index (χ1) is 33.6. The first kappa shape index (κ1) is 67.1. The van der Waals surface area contributed by atoms with Crippen molar-refractivity contribution in [3.63, 3.8) is 0 Å². The Balaban J connectivity index is 3.50. The third-order valence-corrected chi connectivity index (χ3v) is 15.1. The molecule has 3 unspecified atom stereocenters. The van der Waals surface area contributed by atoms with Gasteiger partial charge in [0.05, 0.1) is 18.8 Å². The number of allylic oxidation sites excluding steroid dienone is 1. The quantitative estimate of drug-likeness (QED) is 0.0361. The Morgan fingerprint density at radius 1 is 0.353 bits per heavy atom.